The minimum atomic E-state index is -0.0625. The highest BCUT2D eigenvalue weighted by atomic mass is 16.3. The van der Waals surface area contributed by atoms with Crippen LogP contribution in [0.25, 0.3) is 0 Å². The van der Waals surface area contributed by atoms with Crippen molar-refractivity contribution in [1.29, 1.82) is 0 Å². The topological polar surface area (TPSA) is 23.5 Å². The first-order valence-corrected chi connectivity index (χ1v) is 5.14. The Morgan fingerprint density at radius 3 is 2.67 bits per heavy atom. The number of β-amino-alcohol motifs (C(OH)–C–C–N with tert-alkyl or cyclic N) is 1. The standard InChI is InChI=1S/C10H19NO/c1-8-4-10(12)7-11(5-8)6-9-2-3-9/h8-10,12H,2-7H2,1H3/t8-,10-/m0/s1. The molecule has 1 aliphatic carbocycles. The van der Waals surface area contributed by atoms with Crippen LogP contribution in [0.15, 0.2) is 0 Å². The second-order valence-corrected chi connectivity index (χ2v) is 4.66. The molecule has 2 atom stereocenters. The first-order valence-electron chi connectivity index (χ1n) is 5.14. The van der Waals surface area contributed by atoms with Gasteiger partial charge >= 0.3 is 0 Å². The van der Waals surface area contributed by atoms with Gasteiger partial charge in [-0.1, -0.05) is 6.92 Å². The quantitative estimate of drug-likeness (QED) is 0.669. The van der Waals surface area contributed by atoms with Crippen LogP contribution in [0, 0.1) is 11.8 Å². The molecule has 2 nitrogen and oxygen atoms in total. The molecule has 0 spiro atoms. The SMILES string of the molecule is C[C@H]1C[C@H](O)CN(CC2CC2)C1. The second kappa shape index (κ2) is 3.35. The van der Waals surface area contributed by atoms with Crippen molar-refractivity contribution < 1.29 is 5.11 Å². The van der Waals surface area contributed by atoms with Crippen LogP contribution in [0.1, 0.15) is 26.2 Å². The van der Waals surface area contributed by atoms with Crippen molar-refractivity contribution >= 4 is 0 Å². The number of nitrogens with zero attached hydrogens (tertiary/aromatic N) is 1. The van der Waals surface area contributed by atoms with Crippen LogP contribution in [-0.2, 0) is 0 Å². The van der Waals surface area contributed by atoms with Crippen LogP contribution in [0.3, 0.4) is 0 Å². The summed E-state index contributed by atoms with van der Waals surface area (Å²) in [6.45, 7) is 5.60. The van der Waals surface area contributed by atoms with Crippen molar-refractivity contribution in [2.24, 2.45) is 11.8 Å². The number of likely N-dealkylation sites (tertiary alicyclic amines) is 1. The fourth-order valence-electron chi connectivity index (χ4n) is 2.24. The van der Waals surface area contributed by atoms with Crippen LogP contribution in [0.2, 0.25) is 0 Å². The van der Waals surface area contributed by atoms with E-state index in [1.165, 1.54) is 25.9 Å². The van der Waals surface area contributed by atoms with Crippen molar-refractivity contribution in [2.75, 3.05) is 19.6 Å². The van der Waals surface area contributed by atoms with Gasteiger partial charge in [0.05, 0.1) is 6.10 Å². The van der Waals surface area contributed by atoms with Gasteiger partial charge in [-0.3, -0.25) is 0 Å². The van der Waals surface area contributed by atoms with Crippen molar-refractivity contribution in [2.45, 2.75) is 32.3 Å². The predicted octanol–water partition coefficient (Wildman–Crippen LogP) is 1.10. The van der Waals surface area contributed by atoms with E-state index in [1.54, 1.807) is 0 Å². The van der Waals surface area contributed by atoms with Gasteiger partial charge in [-0.05, 0) is 31.1 Å². The van der Waals surface area contributed by atoms with Crippen molar-refractivity contribution in [3.8, 4) is 0 Å². The highest BCUT2D eigenvalue weighted by Gasteiger charge is 2.28. The number of aliphatic hydroxyl groups excluding tert-OH is 1. The summed E-state index contributed by atoms with van der Waals surface area (Å²) < 4.78 is 0. The molecule has 0 radical (unpaired) electrons. The minimum Gasteiger partial charge on any atom is -0.392 e. The lowest BCUT2D eigenvalue weighted by molar-refractivity contribution is 0.0426. The smallest absolute Gasteiger partial charge is 0.0670 e. The Morgan fingerprint density at radius 1 is 1.33 bits per heavy atom. The van der Waals surface area contributed by atoms with E-state index in [1.807, 2.05) is 0 Å². The molecule has 2 rings (SSSR count). The van der Waals surface area contributed by atoms with Crippen molar-refractivity contribution in [1.82, 2.24) is 4.90 Å². The molecule has 70 valence electrons. The Balaban J connectivity index is 1.79. The van der Waals surface area contributed by atoms with E-state index in [0.717, 1.165) is 18.9 Å². The summed E-state index contributed by atoms with van der Waals surface area (Å²) in [5.74, 6) is 1.65. The second-order valence-electron chi connectivity index (χ2n) is 4.66. The Labute approximate surface area is 74.6 Å². The summed E-state index contributed by atoms with van der Waals surface area (Å²) in [6, 6.07) is 0. The number of aliphatic hydroxyl groups is 1. The van der Waals surface area contributed by atoms with Crippen LogP contribution >= 0.6 is 0 Å². The van der Waals surface area contributed by atoms with Crippen molar-refractivity contribution in [3.63, 3.8) is 0 Å². The van der Waals surface area contributed by atoms with E-state index in [4.69, 9.17) is 0 Å². The zero-order valence-corrected chi connectivity index (χ0v) is 7.87. The highest BCUT2D eigenvalue weighted by molar-refractivity contribution is 4.82. The van der Waals surface area contributed by atoms with Gasteiger partial charge in [-0.25, -0.2) is 0 Å². The van der Waals surface area contributed by atoms with Gasteiger partial charge in [0.15, 0.2) is 0 Å². The minimum absolute atomic E-state index is 0.0625. The number of hydrogen-bond donors (Lipinski definition) is 1. The molecule has 12 heavy (non-hydrogen) atoms. The van der Waals surface area contributed by atoms with Gasteiger partial charge in [-0.2, -0.15) is 0 Å². The molecule has 0 aromatic heterocycles. The molecule has 1 heterocycles. The third-order valence-corrected chi connectivity index (χ3v) is 2.93. The molecule has 1 saturated carbocycles. The third-order valence-electron chi connectivity index (χ3n) is 2.93. The molecule has 1 saturated heterocycles. The van der Waals surface area contributed by atoms with Crippen LogP contribution in [0.5, 0.6) is 0 Å². The molecule has 0 aromatic rings. The lowest BCUT2D eigenvalue weighted by Gasteiger charge is -2.34. The fraction of sp³-hybridized carbons (Fsp3) is 1.00. The Hall–Kier alpha value is -0.0800. The van der Waals surface area contributed by atoms with Gasteiger partial charge in [0, 0.05) is 19.6 Å². The molecular formula is C10H19NO. The fourth-order valence-corrected chi connectivity index (χ4v) is 2.24. The maximum Gasteiger partial charge on any atom is 0.0670 e. The molecule has 0 unspecified atom stereocenters. The first kappa shape index (κ1) is 8.52. The van der Waals surface area contributed by atoms with Crippen molar-refractivity contribution in [3.05, 3.63) is 0 Å². The molecule has 1 aliphatic heterocycles. The van der Waals surface area contributed by atoms with E-state index >= 15 is 0 Å². The zero-order chi connectivity index (χ0) is 8.55. The number of piperidine rings is 1. The largest absolute Gasteiger partial charge is 0.392 e. The average Bonchev–Trinajstić information content (AvgIpc) is 2.68. The van der Waals surface area contributed by atoms with E-state index in [-0.39, 0.29) is 6.10 Å². The zero-order valence-electron chi connectivity index (χ0n) is 7.87. The van der Waals surface area contributed by atoms with Gasteiger partial charge in [-0.15, -0.1) is 0 Å². The first-order chi connectivity index (χ1) is 5.74. The van der Waals surface area contributed by atoms with E-state index in [0.29, 0.717) is 5.92 Å². The van der Waals surface area contributed by atoms with E-state index in [9.17, 15) is 5.11 Å². The summed E-state index contributed by atoms with van der Waals surface area (Å²) in [5, 5.41) is 9.54. The van der Waals surface area contributed by atoms with E-state index < -0.39 is 0 Å². The molecule has 2 fully saturated rings. The highest BCUT2D eigenvalue weighted by Crippen LogP contribution is 2.31. The monoisotopic (exact) mass is 169 g/mol. The van der Waals surface area contributed by atoms with Gasteiger partial charge in [0.1, 0.15) is 0 Å². The molecule has 1 N–H and O–H groups in total. The lowest BCUT2D eigenvalue weighted by Crippen LogP contribution is -2.43. The summed E-state index contributed by atoms with van der Waals surface area (Å²) in [5.41, 5.74) is 0. The molecule has 0 bridgehead atoms. The van der Waals surface area contributed by atoms with Gasteiger partial charge < -0.3 is 10.0 Å². The normalized spacial score (nSPS) is 38.5. The lowest BCUT2D eigenvalue weighted by atomic mass is 9.98. The van der Waals surface area contributed by atoms with E-state index in [2.05, 4.69) is 11.8 Å². The molecular weight excluding hydrogens is 150 g/mol. The Bertz CT molecular complexity index is 143. The molecule has 2 aliphatic rings. The summed E-state index contributed by atoms with van der Waals surface area (Å²) in [6.07, 6.45) is 3.77. The van der Waals surface area contributed by atoms with Crippen LogP contribution in [0.4, 0.5) is 0 Å². The summed E-state index contributed by atoms with van der Waals surface area (Å²) in [7, 11) is 0. The maximum absolute atomic E-state index is 9.54. The molecule has 2 heteroatoms. The third kappa shape index (κ3) is 2.20. The summed E-state index contributed by atoms with van der Waals surface area (Å²) in [4.78, 5) is 2.44. The Morgan fingerprint density at radius 2 is 2.08 bits per heavy atom. The molecule has 0 aromatic carbocycles. The van der Waals surface area contributed by atoms with Gasteiger partial charge in [0.2, 0.25) is 0 Å². The maximum atomic E-state index is 9.54. The number of hydrogen-bond acceptors (Lipinski definition) is 2. The van der Waals surface area contributed by atoms with Crippen LogP contribution < -0.4 is 0 Å². The molecule has 0 amide bonds. The number of rotatable bonds is 2. The predicted molar refractivity (Wildman–Crippen MR) is 49.0 cm³/mol. The summed E-state index contributed by atoms with van der Waals surface area (Å²) >= 11 is 0. The van der Waals surface area contributed by atoms with Gasteiger partial charge in [0.25, 0.3) is 0 Å². The van der Waals surface area contributed by atoms with Crippen LogP contribution in [-0.4, -0.2) is 35.7 Å². The Kier molecular flexibility index (Phi) is 2.37. The average molecular weight is 169 g/mol.